The molecule has 17 heavy (non-hydrogen) atoms. The second-order valence-electron chi connectivity index (χ2n) is 3.98. The van der Waals surface area contributed by atoms with Gasteiger partial charge in [-0.25, -0.2) is 0 Å². The minimum absolute atomic E-state index is 0.179. The average Bonchev–Trinajstić information content (AvgIpc) is 2.91. The maximum atomic E-state index is 6.24. The highest BCUT2D eigenvalue weighted by Crippen LogP contribution is 2.26. The van der Waals surface area contributed by atoms with Crippen LogP contribution in [0.25, 0.3) is 10.8 Å². The third kappa shape index (κ3) is 1.70. The molecule has 0 fully saturated rings. The van der Waals surface area contributed by atoms with Crippen molar-refractivity contribution in [3.05, 3.63) is 66.4 Å². The fourth-order valence-electron chi connectivity index (χ4n) is 2.04. The monoisotopic (exact) mass is 224 g/mol. The molecule has 0 radical (unpaired) electrons. The molecule has 0 saturated carbocycles. The van der Waals surface area contributed by atoms with Gasteiger partial charge in [-0.1, -0.05) is 18.2 Å². The van der Waals surface area contributed by atoms with Crippen molar-refractivity contribution in [3.8, 4) is 0 Å². The van der Waals surface area contributed by atoms with Gasteiger partial charge in [-0.3, -0.25) is 4.98 Å². The van der Waals surface area contributed by atoms with E-state index in [0.29, 0.717) is 0 Å². The molecule has 3 aromatic rings. The van der Waals surface area contributed by atoms with Crippen molar-refractivity contribution in [2.45, 2.75) is 6.04 Å². The maximum Gasteiger partial charge on any atom is 0.0953 e. The number of rotatable bonds is 2. The number of hydrogen-bond acceptors (Lipinski definition) is 3. The number of hydrogen-bond donors (Lipinski definition) is 1. The predicted octanol–water partition coefficient (Wildman–Crippen LogP) is 2.88. The van der Waals surface area contributed by atoms with Gasteiger partial charge in [0.05, 0.1) is 18.6 Å². The Kier molecular flexibility index (Phi) is 2.38. The van der Waals surface area contributed by atoms with Crippen molar-refractivity contribution in [2.24, 2.45) is 5.73 Å². The molecule has 3 rings (SSSR count). The zero-order valence-electron chi connectivity index (χ0n) is 9.21. The van der Waals surface area contributed by atoms with Gasteiger partial charge in [0, 0.05) is 23.3 Å². The number of pyridine rings is 1. The van der Waals surface area contributed by atoms with E-state index in [-0.39, 0.29) is 6.04 Å². The highest BCUT2D eigenvalue weighted by molar-refractivity contribution is 5.85. The predicted molar refractivity (Wildman–Crippen MR) is 66.5 cm³/mol. The third-order valence-corrected chi connectivity index (χ3v) is 2.95. The summed E-state index contributed by atoms with van der Waals surface area (Å²) in [5, 5.41) is 2.24. The first-order valence-electron chi connectivity index (χ1n) is 5.46. The van der Waals surface area contributed by atoms with Crippen molar-refractivity contribution in [2.75, 3.05) is 0 Å². The first-order chi connectivity index (χ1) is 8.36. The Bertz CT molecular complexity index is 626. The Morgan fingerprint density at radius 2 is 2.12 bits per heavy atom. The van der Waals surface area contributed by atoms with Crippen LogP contribution in [0.15, 0.2) is 59.7 Å². The zero-order chi connectivity index (χ0) is 11.7. The SMILES string of the molecule is NC(c1ccoc1)c1cccc2ccncc12. The molecule has 2 aromatic heterocycles. The maximum absolute atomic E-state index is 6.24. The summed E-state index contributed by atoms with van der Waals surface area (Å²) in [7, 11) is 0. The Balaban J connectivity index is 2.17. The molecule has 0 bridgehead atoms. The van der Waals surface area contributed by atoms with Crippen LogP contribution in [0.1, 0.15) is 17.2 Å². The summed E-state index contributed by atoms with van der Waals surface area (Å²) in [6, 6.07) is 9.80. The number of benzene rings is 1. The van der Waals surface area contributed by atoms with Crippen LogP contribution >= 0.6 is 0 Å². The number of aromatic nitrogens is 1. The van der Waals surface area contributed by atoms with E-state index < -0.39 is 0 Å². The van der Waals surface area contributed by atoms with E-state index in [9.17, 15) is 0 Å². The molecule has 3 nitrogen and oxygen atoms in total. The largest absolute Gasteiger partial charge is 0.472 e. The lowest BCUT2D eigenvalue weighted by Crippen LogP contribution is -2.11. The molecule has 84 valence electrons. The van der Waals surface area contributed by atoms with Gasteiger partial charge < -0.3 is 10.2 Å². The van der Waals surface area contributed by atoms with Crippen molar-refractivity contribution < 1.29 is 4.42 Å². The number of nitrogens with two attached hydrogens (primary N) is 1. The Morgan fingerprint density at radius 1 is 1.18 bits per heavy atom. The summed E-state index contributed by atoms with van der Waals surface area (Å²) in [5.74, 6) is 0. The van der Waals surface area contributed by atoms with E-state index in [2.05, 4.69) is 11.1 Å². The topological polar surface area (TPSA) is 52.0 Å². The summed E-state index contributed by atoms with van der Waals surface area (Å²) in [4.78, 5) is 4.16. The minimum Gasteiger partial charge on any atom is -0.472 e. The van der Waals surface area contributed by atoms with Gasteiger partial charge in [-0.2, -0.15) is 0 Å². The van der Waals surface area contributed by atoms with Crippen LogP contribution < -0.4 is 5.73 Å². The highest BCUT2D eigenvalue weighted by Gasteiger charge is 2.12. The van der Waals surface area contributed by atoms with Gasteiger partial charge in [0.25, 0.3) is 0 Å². The molecule has 1 unspecified atom stereocenters. The third-order valence-electron chi connectivity index (χ3n) is 2.95. The Labute approximate surface area is 98.9 Å². The number of nitrogens with zero attached hydrogens (tertiary/aromatic N) is 1. The molecule has 0 spiro atoms. The average molecular weight is 224 g/mol. The fourth-order valence-corrected chi connectivity index (χ4v) is 2.04. The van der Waals surface area contributed by atoms with Crippen LogP contribution in [-0.2, 0) is 0 Å². The van der Waals surface area contributed by atoms with Gasteiger partial charge in [0.2, 0.25) is 0 Å². The van der Waals surface area contributed by atoms with Crippen molar-refractivity contribution in [3.63, 3.8) is 0 Å². The summed E-state index contributed by atoms with van der Waals surface area (Å²) >= 11 is 0. The first kappa shape index (κ1) is 10.1. The van der Waals surface area contributed by atoms with E-state index in [0.717, 1.165) is 21.9 Å². The van der Waals surface area contributed by atoms with E-state index in [1.807, 2.05) is 30.5 Å². The quantitative estimate of drug-likeness (QED) is 0.728. The van der Waals surface area contributed by atoms with Gasteiger partial charge >= 0.3 is 0 Å². The lowest BCUT2D eigenvalue weighted by atomic mass is 9.97. The molecular weight excluding hydrogens is 212 g/mol. The summed E-state index contributed by atoms with van der Waals surface area (Å²) in [6.45, 7) is 0. The number of furan rings is 1. The van der Waals surface area contributed by atoms with Crippen LogP contribution in [-0.4, -0.2) is 4.98 Å². The van der Waals surface area contributed by atoms with Crippen LogP contribution in [0, 0.1) is 0 Å². The standard InChI is InChI=1S/C14H12N2O/c15-14(11-5-7-17-9-11)12-3-1-2-10-4-6-16-8-13(10)12/h1-9,14H,15H2. The molecule has 1 atom stereocenters. The molecule has 1 aromatic carbocycles. The summed E-state index contributed by atoms with van der Waals surface area (Å²) in [6.07, 6.45) is 6.96. The molecule has 0 aliphatic heterocycles. The molecule has 0 saturated heterocycles. The van der Waals surface area contributed by atoms with Crippen molar-refractivity contribution >= 4 is 10.8 Å². The summed E-state index contributed by atoms with van der Waals surface area (Å²) < 4.78 is 5.07. The zero-order valence-corrected chi connectivity index (χ0v) is 9.21. The fraction of sp³-hybridized carbons (Fsp3) is 0.0714. The molecule has 0 amide bonds. The van der Waals surface area contributed by atoms with Crippen LogP contribution in [0.2, 0.25) is 0 Å². The minimum atomic E-state index is -0.179. The van der Waals surface area contributed by atoms with Gasteiger partial charge in [0.15, 0.2) is 0 Å². The van der Waals surface area contributed by atoms with Crippen molar-refractivity contribution in [1.82, 2.24) is 4.98 Å². The van der Waals surface area contributed by atoms with E-state index >= 15 is 0 Å². The molecule has 3 heteroatoms. The molecule has 0 aliphatic rings. The lowest BCUT2D eigenvalue weighted by Gasteiger charge is -2.12. The number of fused-ring (bicyclic) bond motifs is 1. The second kappa shape index (κ2) is 4.03. The van der Waals surface area contributed by atoms with Crippen LogP contribution in [0.5, 0.6) is 0 Å². The van der Waals surface area contributed by atoms with E-state index in [4.69, 9.17) is 10.2 Å². The highest BCUT2D eigenvalue weighted by atomic mass is 16.3. The van der Waals surface area contributed by atoms with Gasteiger partial charge in [-0.15, -0.1) is 0 Å². The Morgan fingerprint density at radius 3 is 2.94 bits per heavy atom. The first-order valence-corrected chi connectivity index (χ1v) is 5.46. The van der Waals surface area contributed by atoms with E-state index in [1.54, 1.807) is 18.7 Å². The molecular formula is C14H12N2O. The van der Waals surface area contributed by atoms with Gasteiger partial charge in [-0.05, 0) is 23.1 Å². The van der Waals surface area contributed by atoms with Crippen LogP contribution in [0.3, 0.4) is 0 Å². The van der Waals surface area contributed by atoms with Crippen LogP contribution in [0.4, 0.5) is 0 Å². The summed E-state index contributed by atoms with van der Waals surface area (Å²) in [5.41, 5.74) is 8.28. The van der Waals surface area contributed by atoms with E-state index in [1.165, 1.54) is 0 Å². The van der Waals surface area contributed by atoms with Gasteiger partial charge in [0.1, 0.15) is 0 Å². The lowest BCUT2D eigenvalue weighted by molar-refractivity contribution is 0.562. The molecule has 2 N–H and O–H groups in total. The molecule has 2 heterocycles. The molecule has 0 aliphatic carbocycles. The normalized spacial score (nSPS) is 12.8. The second-order valence-corrected chi connectivity index (χ2v) is 3.98. The smallest absolute Gasteiger partial charge is 0.0953 e. The van der Waals surface area contributed by atoms with Crippen molar-refractivity contribution in [1.29, 1.82) is 0 Å². The Hall–Kier alpha value is -2.13.